The van der Waals surface area contributed by atoms with Crippen LogP contribution in [0.2, 0.25) is 5.02 Å². The van der Waals surface area contributed by atoms with E-state index in [4.69, 9.17) is 16.3 Å². The minimum absolute atomic E-state index is 0.124. The van der Waals surface area contributed by atoms with Crippen LogP contribution in [-0.4, -0.2) is 26.4 Å². The molecule has 0 spiro atoms. The molecule has 2 aromatic carbocycles. The van der Waals surface area contributed by atoms with Crippen LogP contribution in [0.4, 0.5) is 5.69 Å². The summed E-state index contributed by atoms with van der Waals surface area (Å²) in [6.07, 6.45) is -0.273. The van der Waals surface area contributed by atoms with E-state index in [0.717, 1.165) is 5.75 Å². The average molecular weight is 445 g/mol. The summed E-state index contributed by atoms with van der Waals surface area (Å²) in [6, 6.07) is 15.1. The zero-order chi connectivity index (χ0) is 21.7. The molecule has 1 heterocycles. The van der Waals surface area contributed by atoms with Crippen molar-refractivity contribution in [2.45, 2.75) is 37.9 Å². The normalized spacial score (nSPS) is 12.1. The summed E-state index contributed by atoms with van der Waals surface area (Å²) in [4.78, 5) is 12.2. The molecule has 0 aliphatic carbocycles. The number of hydrogen-bond donors (Lipinski definition) is 1. The lowest BCUT2D eigenvalue weighted by atomic mass is 10.0. The van der Waals surface area contributed by atoms with Gasteiger partial charge >= 0.3 is 0 Å². The monoisotopic (exact) mass is 444 g/mol. The minimum atomic E-state index is -0.273. The third kappa shape index (κ3) is 5.77. The highest BCUT2D eigenvalue weighted by molar-refractivity contribution is 7.99. The molecule has 0 fully saturated rings. The predicted octanol–water partition coefficient (Wildman–Crippen LogP) is 5.46. The Morgan fingerprint density at radius 2 is 1.77 bits per heavy atom. The molecule has 30 heavy (non-hydrogen) atoms. The topological polar surface area (TPSA) is 69.0 Å². The SMILES string of the molecule is CC(C)c1ccc(OC(C)c2nnc(SCC(=O)Nc3ccc(Cl)cc3)n2C)cc1. The third-order valence-electron chi connectivity index (χ3n) is 4.55. The van der Waals surface area contributed by atoms with Gasteiger partial charge in [-0.2, -0.15) is 0 Å². The number of ether oxygens (including phenoxy) is 1. The molecule has 1 atom stereocenters. The summed E-state index contributed by atoms with van der Waals surface area (Å²) in [7, 11) is 1.87. The van der Waals surface area contributed by atoms with E-state index in [1.54, 1.807) is 24.3 Å². The first kappa shape index (κ1) is 22.2. The number of carbonyl (C=O) groups excluding carboxylic acids is 1. The number of nitrogens with one attached hydrogen (secondary N) is 1. The van der Waals surface area contributed by atoms with Gasteiger partial charge in [0.2, 0.25) is 5.91 Å². The lowest BCUT2D eigenvalue weighted by Crippen LogP contribution is -2.14. The molecular formula is C22H25ClN4O2S. The summed E-state index contributed by atoms with van der Waals surface area (Å²) >= 11 is 7.18. The molecule has 0 saturated carbocycles. The van der Waals surface area contributed by atoms with E-state index in [-0.39, 0.29) is 17.8 Å². The second-order valence-electron chi connectivity index (χ2n) is 7.23. The number of rotatable bonds is 8. The molecule has 1 aromatic heterocycles. The molecule has 3 rings (SSSR count). The molecule has 0 saturated heterocycles. The Hall–Kier alpha value is -2.51. The predicted molar refractivity (Wildman–Crippen MR) is 121 cm³/mol. The molecule has 1 unspecified atom stereocenters. The molecule has 1 N–H and O–H groups in total. The van der Waals surface area contributed by atoms with Gasteiger partial charge < -0.3 is 14.6 Å². The fraction of sp³-hybridized carbons (Fsp3) is 0.318. The molecule has 1 amide bonds. The van der Waals surface area contributed by atoms with Crippen molar-refractivity contribution in [3.8, 4) is 5.75 Å². The smallest absolute Gasteiger partial charge is 0.234 e. The van der Waals surface area contributed by atoms with Gasteiger partial charge in [-0.05, 0) is 54.8 Å². The first-order valence-electron chi connectivity index (χ1n) is 9.67. The Bertz CT molecular complexity index is 987. The zero-order valence-corrected chi connectivity index (χ0v) is 19.0. The van der Waals surface area contributed by atoms with Crippen LogP contribution in [0.1, 0.15) is 44.2 Å². The van der Waals surface area contributed by atoms with Crippen LogP contribution in [-0.2, 0) is 11.8 Å². The maximum atomic E-state index is 12.2. The molecule has 0 bridgehead atoms. The van der Waals surface area contributed by atoms with E-state index >= 15 is 0 Å². The second-order valence-corrected chi connectivity index (χ2v) is 8.61. The van der Waals surface area contributed by atoms with Gasteiger partial charge in [0.1, 0.15) is 5.75 Å². The standard InChI is InChI=1S/C22H25ClN4O2S/c1-14(2)16-5-11-19(12-6-16)29-15(3)21-25-26-22(27(21)4)30-13-20(28)24-18-9-7-17(23)8-10-18/h5-12,14-15H,13H2,1-4H3,(H,24,28). The number of nitrogens with zero attached hydrogens (tertiary/aromatic N) is 3. The maximum Gasteiger partial charge on any atom is 0.234 e. The average Bonchev–Trinajstić information content (AvgIpc) is 3.09. The highest BCUT2D eigenvalue weighted by Crippen LogP contribution is 2.25. The Morgan fingerprint density at radius 1 is 1.10 bits per heavy atom. The Morgan fingerprint density at radius 3 is 2.40 bits per heavy atom. The largest absolute Gasteiger partial charge is 0.483 e. The van der Waals surface area contributed by atoms with Crippen LogP contribution in [0.15, 0.2) is 53.7 Å². The third-order valence-corrected chi connectivity index (χ3v) is 5.82. The van der Waals surface area contributed by atoms with E-state index in [2.05, 4.69) is 41.5 Å². The van der Waals surface area contributed by atoms with Crippen LogP contribution in [0, 0.1) is 0 Å². The molecule has 0 radical (unpaired) electrons. The van der Waals surface area contributed by atoms with Crippen molar-refractivity contribution in [1.82, 2.24) is 14.8 Å². The van der Waals surface area contributed by atoms with Crippen LogP contribution in [0.3, 0.4) is 0 Å². The molecular weight excluding hydrogens is 420 g/mol. The summed E-state index contributed by atoms with van der Waals surface area (Å²) in [5.41, 5.74) is 1.97. The summed E-state index contributed by atoms with van der Waals surface area (Å²) in [6.45, 7) is 6.25. The van der Waals surface area contributed by atoms with E-state index in [9.17, 15) is 4.79 Å². The lowest BCUT2D eigenvalue weighted by Gasteiger charge is -2.15. The Kier molecular flexibility index (Phi) is 7.39. The summed E-state index contributed by atoms with van der Waals surface area (Å²) in [5.74, 6) is 2.06. The number of anilines is 1. The molecule has 0 aliphatic heterocycles. The maximum absolute atomic E-state index is 12.2. The molecule has 158 valence electrons. The summed E-state index contributed by atoms with van der Waals surface area (Å²) in [5, 5.41) is 12.6. The van der Waals surface area contributed by atoms with Crippen LogP contribution in [0.25, 0.3) is 0 Å². The fourth-order valence-corrected chi connectivity index (χ4v) is 3.70. The highest BCUT2D eigenvalue weighted by atomic mass is 35.5. The Balaban J connectivity index is 1.56. The van der Waals surface area contributed by atoms with Gasteiger partial charge in [-0.25, -0.2) is 0 Å². The van der Waals surface area contributed by atoms with Gasteiger partial charge in [-0.1, -0.05) is 49.3 Å². The van der Waals surface area contributed by atoms with Crippen molar-refractivity contribution in [3.63, 3.8) is 0 Å². The van der Waals surface area contributed by atoms with Crippen LogP contribution < -0.4 is 10.1 Å². The van der Waals surface area contributed by atoms with Gasteiger partial charge in [0.05, 0.1) is 5.75 Å². The van der Waals surface area contributed by atoms with Gasteiger partial charge in [0, 0.05) is 17.8 Å². The molecule has 8 heteroatoms. The molecule has 3 aromatic rings. The first-order valence-corrected chi connectivity index (χ1v) is 11.0. The number of carbonyl (C=O) groups is 1. The minimum Gasteiger partial charge on any atom is -0.483 e. The van der Waals surface area contributed by atoms with Crippen molar-refractivity contribution in [1.29, 1.82) is 0 Å². The van der Waals surface area contributed by atoms with E-state index in [1.807, 2.05) is 30.7 Å². The van der Waals surface area contributed by atoms with Gasteiger partial charge in [-0.15, -0.1) is 10.2 Å². The highest BCUT2D eigenvalue weighted by Gasteiger charge is 2.18. The van der Waals surface area contributed by atoms with Crippen molar-refractivity contribution in [2.75, 3.05) is 11.1 Å². The molecule has 0 aliphatic rings. The van der Waals surface area contributed by atoms with E-state index in [0.29, 0.717) is 27.6 Å². The van der Waals surface area contributed by atoms with Crippen molar-refractivity contribution >= 4 is 35.0 Å². The second kappa shape index (κ2) is 10.00. The van der Waals surface area contributed by atoms with Gasteiger partial charge in [-0.3, -0.25) is 4.79 Å². The van der Waals surface area contributed by atoms with E-state index in [1.165, 1.54) is 17.3 Å². The first-order chi connectivity index (χ1) is 14.3. The van der Waals surface area contributed by atoms with Crippen LogP contribution >= 0.6 is 23.4 Å². The number of aromatic nitrogens is 3. The van der Waals surface area contributed by atoms with Crippen molar-refractivity contribution in [3.05, 3.63) is 64.9 Å². The lowest BCUT2D eigenvalue weighted by molar-refractivity contribution is -0.113. The van der Waals surface area contributed by atoms with Crippen molar-refractivity contribution < 1.29 is 9.53 Å². The van der Waals surface area contributed by atoms with Crippen LogP contribution in [0.5, 0.6) is 5.75 Å². The van der Waals surface area contributed by atoms with Crippen molar-refractivity contribution in [2.24, 2.45) is 7.05 Å². The number of thioether (sulfide) groups is 1. The Labute approximate surface area is 186 Å². The number of amides is 1. The summed E-state index contributed by atoms with van der Waals surface area (Å²) < 4.78 is 7.88. The van der Waals surface area contributed by atoms with Gasteiger partial charge in [0.15, 0.2) is 17.1 Å². The number of halogens is 1. The molecule has 6 nitrogen and oxygen atoms in total. The zero-order valence-electron chi connectivity index (χ0n) is 17.4. The number of benzene rings is 2. The van der Waals surface area contributed by atoms with Gasteiger partial charge in [0.25, 0.3) is 0 Å². The quantitative estimate of drug-likeness (QED) is 0.467. The number of hydrogen-bond acceptors (Lipinski definition) is 5. The van der Waals surface area contributed by atoms with E-state index < -0.39 is 0 Å². The fourth-order valence-electron chi connectivity index (χ4n) is 2.85.